The van der Waals surface area contributed by atoms with Crippen LogP contribution in [-0.4, -0.2) is 26.2 Å². The van der Waals surface area contributed by atoms with Crippen LogP contribution in [0.3, 0.4) is 0 Å². The molecule has 0 saturated heterocycles. The lowest BCUT2D eigenvalue weighted by molar-refractivity contribution is -0.157. The van der Waals surface area contributed by atoms with Crippen molar-refractivity contribution in [3.05, 3.63) is 23.8 Å². The molecule has 1 rings (SSSR count). The standard InChI is InChI=1S/C15H22O4/c1-5-7-11-9-8-10(6-2)12(14(16)18-3)13(11)15(17)19-4/h6,8-9,11-13H,5,7H2,1-4H3/b10-6+/t11-,12+,13-/m1/s1. The van der Waals surface area contributed by atoms with E-state index in [0.29, 0.717) is 0 Å². The molecule has 0 aliphatic heterocycles. The minimum absolute atomic E-state index is 0.0187. The molecule has 3 atom stereocenters. The van der Waals surface area contributed by atoms with Crippen LogP contribution in [0.1, 0.15) is 26.7 Å². The monoisotopic (exact) mass is 266 g/mol. The topological polar surface area (TPSA) is 52.6 Å². The van der Waals surface area contributed by atoms with Crippen molar-refractivity contribution >= 4 is 11.9 Å². The van der Waals surface area contributed by atoms with E-state index in [1.807, 2.05) is 25.2 Å². The summed E-state index contributed by atoms with van der Waals surface area (Å²) in [6, 6.07) is 0. The summed E-state index contributed by atoms with van der Waals surface area (Å²) in [4.78, 5) is 24.1. The van der Waals surface area contributed by atoms with Crippen molar-refractivity contribution in [2.24, 2.45) is 17.8 Å². The summed E-state index contributed by atoms with van der Waals surface area (Å²) >= 11 is 0. The van der Waals surface area contributed by atoms with Gasteiger partial charge in [0.15, 0.2) is 0 Å². The molecular formula is C15H22O4. The summed E-state index contributed by atoms with van der Waals surface area (Å²) in [6.45, 7) is 3.91. The molecule has 0 saturated carbocycles. The number of carbonyl (C=O) groups excluding carboxylic acids is 2. The van der Waals surface area contributed by atoms with E-state index < -0.39 is 11.8 Å². The molecule has 19 heavy (non-hydrogen) atoms. The molecule has 0 radical (unpaired) electrons. The zero-order valence-corrected chi connectivity index (χ0v) is 12.0. The summed E-state index contributed by atoms with van der Waals surface area (Å²) < 4.78 is 9.73. The first-order valence-corrected chi connectivity index (χ1v) is 6.60. The number of rotatable bonds is 4. The summed E-state index contributed by atoms with van der Waals surface area (Å²) in [7, 11) is 2.70. The van der Waals surface area contributed by atoms with Crippen molar-refractivity contribution < 1.29 is 19.1 Å². The van der Waals surface area contributed by atoms with Crippen LogP contribution in [0.2, 0.25) is 0 Å². The summed E-state index contributed by atoms with van der Waals surface area (Å²) in [5.41, 5.74) is 0.814. The van der Waals surface area contributed by atoms with Crippen LogP contribution >= 0.6 is 0 Å². The quantitative estimate of drug-likeness (QED) is 0.734. The van der Waals surface area contributed by atoms with Crippen molar-refractivity contribution in [1.82, 2.24) is 0 Å². The number of hydrogen-bond acceptors (Lipinski definition) is 4. The van der Waals surface area contributed by atoms with E-state index in [1.54, 1.807) is 0 Å². The second-order valence-corrected chi connectivity index (χ2v) is 4.65. The van der Waals surface area contributed by atoms with Gasteiger partial charge in [0.2, 0.25) is 0 Å². The lowest BCUT2D eigenvalue weighted by Crippen LogP contribution is -2.39. The Labute approximate surface area is 114 Å². The smallest absolute Gasteiger partial charge is 0.314 e. The van der Waals surface area contributed by atoms with Crippen LogP contribution in [0, 0.1) is 17.8 Å². The Morgan fingerprint density at radius 1 is 1.26 bits per heavy atom. The first kappa shape index (κ1) is 15.5. The van der Waals surface area contributed by atoms with Crippen molar-refractivity contribution in [2.45, 2.75) is 26.7 Å². The van der Waals surface area contributed by atoms with Crippen LogP contribution in [0.25, 0.3) is 0 Å². The Morgan fingerprint density at radius 2 is 1.89 bits per heavy atom. The number of methoxy groups -OCH3 is 2. The van der Waals surface area contributed by atoms with Crippen LogP contribution in [0.4, 0.5) is 0 Å². The molecule has 0 amide bonds. The van der Waals surface area contributed by atoms with Crippen LogP contribution < -0.4 is 0 Å². The molecular weight excluding hydrogens is 244 g/mol. The van der Waals surface area contributed by atoms with Crippen molar-refractivity contribution in [3.63, 3.8) is 0 Å². The number of carbonyl (C=O) groups is 2. The van der Waals surface area contributed by atoms with Gasteiger partial charge in [0.1, 0.15) is 0 Å². The maximum absolute atomic E-state index is 12.1. The van der Waals surface area contributed by atoms with Gasteiger partial charge in [-0.15, -0.1) is 0 Å². The molecule has 1 aliphatic carbocycles. The zero-order valence-electron chi connectivity index (χ0n) is 12.0. The molecule has 0 heterocycles. The van der Waals surface area contributed by atoms with E-state index in [-0.39, 0.29) is 17.9 Å². The SMILES string of the molecule is C/C=C1\C=C[C@@H](CCC)[C@@H](C(=O)OC)[C@H]1C(=O)OC. The third-order valence-electron chi connectivity index (χ3n) is 3.60. The highest BCUT2D eigenvalue weighted by Crippen LogP contribution is 2.37. The van der Waals surface area contributed by atoms with Gasteiger partial charge in [-0.1, -0.05) is 31.6 Å². The molecule has 0 fully saturated rings. The second-order valence-electron chi connectivity index (χ2n) is 4.65. The molecule has 4 heteroatoms. The number of esters is 2. The summed E-state index contributed by atoms with van der Waals surface area (Å²) in [5.74, 6) is -1.77. The average Bonchev–Trinajstić information content (AvgIpc) is 2.45. The molecule has 0 spiro atoms. The van der Waals surface area contributed by atoms with Gasteiger partial charge in [-0.05, 0) is 24.8 Å². The first-order chi connectivity index (χ1) is 9.10. The average molecular weight is 266 g/mol. The first-order valence-electron chi connectivity index (χ1n) is 6.60. The maximum Gasteiger partial charge on any atom is 0.314 e. The van der Waals surface area contributed by atoms with Gasteiger partial charge in [-0.3, -0.25) is 9.59 Å². The summed E-state index contributed by atoms with van der Waals surface area (Å²) in [5, 5.41) is 0. The molecule has 1 aliphatic rings. The van der Waals surface area contributed by atoms with Gasteiger partial charge in [-0.25, -0.2) is 0 Å². The van der Waals surface area contributed by atoms with Crippen molar-refractivity contribution in [2.75, 3.05) is 14.2 Å². The second kappa shape index (κ2) is 7.12. The van der Waals surface area contributed by atoms with Gasteiger partial charge in [-0.2, -0.15) is 0 Å². The van der Waals surface area contributed by atoms with E-state index >= 15 is 0 Å². The fraction of sp³-hybridized carbons (Fsp3) is 0.600. The molecule has 0 unspecified atom stereocenters. The number of ether oxygens (including phenoxy) is 2. The Bertz CT molecular complexity index is 395. The van der Waals surface area contributed by atoms with Gasteiger partial charge in [0.25, 0.3) is 0 Å². The molecule has 0 bridgehead atoms. The predicted molar refractivity (Wildman–Crippen MR) is 72.3 cm³/mol. The predicted octanol–water partition coefficient (Wildman–Crippen LogP) is 2.50. The fourth-order valence-corrected chi connectivity index (χ4v) is 2.65. The van der Waals surface area contributed by atoms with Gasteiger partial charge >= 0.3 is 11.9 Å². The molecule has 106 valence electrons. The minimum Gasteiger partial charge on any atom is -0.469 e. The van der Waals surface area contributed by atoms with E-state index in [4.69, 9.17) is 9.47 Å². The Balaban J connectivity index is 3.20. The van der Waals surface area contributed by atoms with E-state index in [9.17, 15) is 9.59 Å². The largest absolute Gasteiger partial charge is 0.469 e. The molecule has 4 nitrogen and oxygen atoms in total. The fourth-order valence-electron chi connectivity index (χ4n) is 2.65. The van der Waals surface area contributed by atoms with Crippen LogP contribution in [-0.2, 0) is 19.1 Å². The Hall–Kier alpha value is -1.58. The van der Waals surface area contributed by atoms with E-state index in [0.717, 1.165) is 18.4 Å². The van der Waals surface area contributed by atoms with E-state index in [2.05, 4.69) is 6.92 Å². The highest BCUT2D eigenvalue weighted by atomic mass is 16.5. The van der Waals surface area contributed by atoms with Crippen molar-refractivity contribution in [1.29, 1.82) is 0 Å². The molecule has 0 aromatic rings. The molecule has 0 aromatic carbocycles. The van der Waals surface area contributed by atoms with Crippen LogP contribution in [0.5, 0.6) is 0 Å². The van der Waals surface area contributed by atoms with E-state index in [1.165, 1.54) is 14.2 Å². The molecule has 0 N–H and O–H groups in total. The summed E-state index contributed by atoms with van der Waals surface area (Å²) in [6.07, 6.45) is 7.56. The van der Waals surface area contributed by atoms with Gasteiger partial charge in [0, 0.05) is 0 Å². The third-order valence-corrected chi connectivity index (χ3v) is 3.60. The lowest BCUT2D eigenvalue weighted by atomic mass is 9.71. The third kappa shape index (κ3) is 3.25. The van der Waals surface area contributed by atoms with Crippen LogP contribution in [0.15, 0.2) is 23.8 Å². The highest BCUT2D eigenvalue weighted by Gasteiger charge is 2.43. The molecule has 0 aromatic heterocycles. The number of hydrogen-bond donors (Lipinski definition) is 0. The van der Waals surface area contributed by atoms with Crippen molar-refractivity contribution in [3.8, 4) is 0 Å². The van der Waals surface area contributed by atoms with Gasteiger partial charge in [0.05, 0.1) is 26.1 Å². The lowest BCUT2D eigenvalue weighted by Gasteiger charge is -2.32. The minimum atomic E-state index is -0.566. The Morgan fingerprint density at radius 3 is 2.37 bits per heavy atom. The number of allylic oxidation sites excluding steroid dienone is 3. The highest BCUT2D eigenvalue weighted by molar-refractivity contribution is 5.86. The maximum atomic E-state index is 12.1. The van der Waals surface area contributed by atoms with Gasteiger partial charge < -0.3 is 9.47 Å². The normalized spacial score (nSPS) is 28.2. The zero-order chi connectivity index (χ0) is 14.4. The Kier molecular flexibility index (Phi) is 5.80.